The lowest BCUT2D eigenvalue weighted by Crippen LogP contribution is -2.33. The first-order chi connectivity index (χ1) is 15.0. The smallest absolute Gasteiger partial charge is 0.242 e. The summed E-state index contributed by atoms with van der Waals surface area (Å²) in [5.74, 6) is 0.0261. The maximum absolute atomic E-state index is 13.3. The summed E-state index contributed by atoms with van der Waals surface area (Å²) in [6, 6.07) is 23.3. The van der Waals surface area contributed by atoms with Gasteiger partial charge in [-0.2, -0.15) is 0 Å². The largest absolute Gasteiger partial charge is 0.378 e. The molecule has 0 saturated carbocycles. The Bertz CT molecular complexity index is 1230. The molecule has 0 unspecified atom stereocenters. The monoisotopic (exact) mass is 413 g/mol. The van der Waals surface area contributed by atoms with Gasteiger partial charge in [0, 0.05) is 43.6 Å². The molecule has 0 radical (unpaired) electrons. The van der Waals surface area contributed by atoms with E-state index in [4.69, 9.17) is 0 Å². The average molecular weight is 414 g/mol. The van der Waals surface area contributed by atoms with Crippen molar-refractivity contribution in [3.8, 4) is 0 Å². The first-order valence-electron chi connectivity index (χ1n) is 10.5. The third kappa shape index (κ3) is 4.04. The zero-order chi connectivity index (χ0) is 22.0. The molecule has 31 heavy (non-hydrogen) atoms. The third-order valence-electron chi connectivity index (χ3n) is 5.73. The fraction of sp³-hybridized carbons (Fsp3) is 0.231. The van der Waals surface area contributed by atoms with Crippen LogP contribution in [0.4, 0.5) is 5.69 Å². The maximum Gasteiger partial charge on any atom is 0.242 e. The lowest BCUT2D eigenvalue weighted by Gasteiger charge is -2.23. The number of hydrogen-bond donors (Lipinski definition) is 0. The predicted molar refractivity (Wildman–Crippen MR) is 128 cm³/mol. The van der Waals surface area contributed by atoms with E-state index in [0.29, 0.717) is 23.9 Å². The molecule has 0 bridgehead atoms. The summed E-state index contributed by atoms with van der Waals surface area (Å²) in [6.07, 6.45) is 0. The number of aromatic nitrogens is 1. The summed E-state index contributed by atoms with van der Waals surface area (Å²) < 4.78 is 1.96. The van der Waals surface area contributed by atoms with E-state index in [1.54, 1.807) is 0 Å². The van der Waals surface area contributed by atoms with Crippen molar-refractivity contribution >= 4 is 33.4 Å². The minimum absolute atomic E-state index is 0.00299. The van der Waals surface area contributed by atoms with Crippen LogP contribution >= 0.6 is 0 Å². The molecule has 5 heteroatoms. The average Bonchev–Trinajstić information content (AvgIpc) is 2.80. The number of hydrogen-bond acceptors (Lipinski definition) is 3. The molecular formula is C26H27N3O2. The van der Waals surface area contributed by atoms with Gasteiger partial charge < -0.3 is 14.4 Å². The van der Waals surface area contributed by atoms with Crippen LogP contribution in [0.3, 0.4) is 0 Å². The zero-order valence-corrected chi connectivity index (χ0v) is 18.2. The molecule has 4 rings (SSSR count). The minimum atomic E-state index is 0.00299. The predicted octanol–water partition coefficient (Wildman–Crippen LogP) is 4.27. The van der Waals surface area contributed by atoms with E-state index in [1.807, 2.05) is 79.0 Å². The molecular weight excluding hydrogens is 386 g/mol. The Labute approximate surface area is 182 Å². The fourth-order valence-corrected chi connectivity index (χ4v) is 3.98. The van der Waals surface area contributed by atoms with Crippen LogP contribution in [0.2, 0.25) is 0 Å². The Hall–Kier alpha value is -3.60. The zero-order valence-electron chi connectivity index (χ0n) is 18.2. The van der Waals surface area contributed by atoms with E-state index in [2.05, 4.69) is 29.2 Å². The van der Waals surface area contributed by atoms with E-state index in [-0.39, 0.29) is 17.9 Å². The van der Waals surface area contributed by atoms with Gasteiger partial charge in [0.05, 0.1) is 11.0 Å². The number of benzene rings is 3. The molecule has 1 heterocycles. The SMILES string of the molecule is CCN(Cc1ccc(N(C)C)cc1)C(=O)Cn1c2ccccc2c(=O)c2ccccc21. The molecule has 5 nitrogen and oxygen atoms in total. The lowest BCUT2D eigenvalue weighted by molar-refractivity contribution is -0.132. The maximum atomic E-state index is 13.3. The Morgan fingerprint density at radius 1 is 0.839 bits per heavy atom. The van der Waals surface area contributed by atoms with Crippen molar-refractivity contribution < 1.29 is 4.79 Å². The van der Waals surface area contributed by atoms with E-state index in [0.717, 1.165) is 22.3 Å². The van der Waals surface area contributed by atoms with Crippen molar-refractivity contribution in [2.75, 3.05) is 25.5 Å². The highest BCUT2D eigenvalue weighted by Gasteiger charge is 2.17. The van der Waals surface area contributed by atoms with Crippen molar-refractivity contribution in [3.05, 3.63) is 88.6 Å². The molecule has 1 amide bonds. The van der Waals surface area contributed by atoms with Crippen molar-refractivity contribution in [2.45, 2.75) is 20.0 Å². The van der Waals surface area contributed by atoms with Crippen LogP contribution in [0.15, 0.2) is 77.6 Å². The summed E-state index contributed by atoms with van der Waals surface area (Å²) in [7, 11) is 4.02. The molecule has 0 N–H and O–H groups in total. The van der Waals surface area contributed by atoms with E-state index in [1.165, 1.54) is 0 Å². The number of anilines is 1. The summed E-state index contributed by atoms with van der Waals surface area (Å²) in [6.45, 7) is 3.35. The number of likely N-dealkylation sites (N-methyl/N-ethyl adjacent to an activating group) is 1. The molecule has 0 aliphatic carbocycles. The van der Waals surface area contributed by atoms with Gasteiger partial charge in [0.25, 0.3) is 0 Å². The fourth-order valence-electron chi connectivity index (χ4n) is 3.98. The van der Waals surface area contributed by atoms with Crippen LogP contribution in [0.25, 0.3) is 21.8 Å². The van der Waals surface area contributed by atoms with E-state index in [9.17, 15) is 9.59 Å². The van der Waals surface area contributed by atoms with E-state index < -0.39 is 0 Å². The highest BCUT2D eigenvalue weighted by Crippen LogP contribution is 2.20. The van der Waals surface area contributed by atoms with Crippen LogP contribution in [-0.2, 0) is 17.9 Å². The lowest BCUT2D eigenvalue weighted by atomic mass is 10.1. The van der Waals surface area contributed by atoms with Gasteiger partial charge in [-0.15, -0.1) is 0 Å². The Morgan fingerprint density at radius 3 is 1.90 bits per heavy atom. The van der Waals surface area contributed by atoms with Crippen LogP contribution in [0.1, 0.15) is 12.5 Å². The summed E-state index contributed by atoms with van der Waals surface area (Å²) >= 11 is 0. The number of rotatable bonds is 6. The van der Waals surface area contributed by atoms with Crippen molar-refractivity contribution in [3.63, 3.8) is 0 Å². The van der Waals surface area contributed by atoms with Gasteiger partial charge in [-0.1, -0.05) is 36.4 Å². The van der Waals surface area contributed by atoms with E-state index >= 15 is 0 Å². The molecule has 4 aromatic rings. The molecule has 0 aliphatic heterocycles. The summed E-state index contributed by atoms with van der Waals surface area (Å²) in [4.78, 5) is 30.1. The van der Waals surface area contributed by atoms with Crippen molar-refractivity contribution in [1.82, 2.24) is 9.47 Å². The Balaban J connectivity index is 1.68. The second-order valence-electron chi connectivity index (χ2n) is 7.92. The Morgan fingerprint density at radius 2 is 1.39 bits per heavy atom. The van der Waals surface area contributed by atoms with Gasteiger partial charge in [0.2, 0.25) is 5.91 Å². The highest BCUT2D eigenvalue weighted by molar-refractivity contribution is 5.94. The number of pyridine rings is 1. The number of para-hydroxylation sites is 2. The molecule has 158 valence electrons. The number of carbonyl (C=O) groups excluding carboxylic acids is 1. The topological polar surface area (TPSA) is 45.5 Å². The van der Waals surface area contributed by atoms with Crippen molar-refractivity contribution in [2.24, 2.45) is 0 Å². The molecule has 0 aliphatic rings. The van der Waals surface area contributed by atoms with Crippen LogP contribution in [0.5, 0.6) is 0 Å². The quantitative estimate of drug-likeness (QED) is 0.444. The van der Waals surface area contributed by atoms with Gasteiger partial charge in [0.15, 0.2) is 5.43 Å². The van der Waals surface area contributed by atoms with Gasteiger partial charge in [-0.25, -0.2) is 0 Å². The number of fused-ring (bicyclic) bond motifs is 2. The van der Waals surface area contributed by atoms with Crippen LogP contribution < -0.4 is 10.3 Å². The number of carbonyl (C=O) groups is 1. The second kappa shape index (κ2) is 8.64. The number of nitrogens with zero attached hydrogens (tertiary/aromatic N) is 3. The number of amides is 1. The molecule has 0 fully saturated rings. The van der Waals surface area contributed by atoms with Crippen molar-refractivity contribution in [1.29, 1.82) is 0 Å². The molecule has 0 atom stereocenters. The Kier molecular flexibility index (Phi) is 5.76. The molecule has 0 saturated heterocycles. The molecule has 0 spiro atoms. The second-order valence-corrected chi connectivity index (χ2v) is 7.92. The molecule has 1 aromatic heterocycles. The summed E-state index contributed by atoms with van der Waals surface area (Å²) in [5.41, 5.74) is 3.79. The van der Waals surface area contributed by atoms with Gasteiger partial charge in [0.1, 0.15) is 6.54 Å². The standard InChI is InChI=1S/C26H27N3O2/c1-4-28(17-19-13-15-20(16-14-19)27(2)3)25(30)18-29-23-11-7-5-9-21(23)26(31)22-10-6-8-12-24(22)29/h5-16H,4,17-18H2,1-3H3. The van der Waals surface area contributed by atoms with Crippen LogP contribution in [-0.4, -0.2) is 36.0 Å². The third-order valence-corrected chi connectivity index (χ3v) is 5.73. The van der Waals surface area contributed by atoms with Gasteiger partial charge >= 0.3 is 0 Å². The van der Waals surface area contributed by atoms with Crippen LogP contribution in [0, 0.1) is 0 Å². The first-order valence-corrected chi connectivity index (χ1v) is 10.5. The normalized spacial score (nSPS) is 11.1. The molecule has 3 aromatic carbocycles. The summed E-state index contributed by atoms with van der Waals surface area (Å²) in [5, 5.41) is 1.27. The minimum Gasteiger partial charge on any atom is -0.378 e. The van der Waals surface area contributed by atoms with Gasteiger partial charge in [-0.3, -0.25) is 9.59 Å². The first kappa shape index (κ1) is 20.7. The highest BCUT2D eigenvalue weighted by atomic mass is 16.2. The van der Waals surface area contributed by atoms with Gasteiger partial charge in [-0.05, 0) is 48.9 Å².